The third-order valence-electron chi connectivity index (χ3n) is 2.30. The normalized spacial score (nSPS) is 10.3. The fourth-order valence-electron chi connectivity index (χ4n) is 1.47. The molecule has 98 valence electrons. The quantitative estimate of drug-likeness (QED) is 0.723. The molecule has 0 radical (unpaired) electrons. The number of rotatable bonds is 2. The number of amides is 1. The van der Waals surface area contributed by atoms with Crippen LogP contribution in [0.15, 0.2) is 45.3 Å². The number of carbonyl (C=O) groups is 1. The first kappa shape index (κ1) is 14.5. The average Bonchev–Trinajstić information content (AvgIpc) is 2.31. The largest absolute Gasteiger partial charge is 0.321 e. The smallest absolute Gasteiger partial charge is 0.255 e. The molecule has 2 rings (SSSR count). The van der Waals surface area contributed by atoms with Gasteiger partial charge in [-0.1, -0.05) is 27.5 Å². The van der Waals surface area contributed by atoms with Gasteiger partial charge in [-0.3, -0.25) is 4.79 Å². The maximum Gasteiger partial charge on any atom is 0.255 e. The van der Waals surface area contributed by atoms with Crippen molar-refractivity contribution in [2.24, 2.45) is 0 Å². The van der Waals surface area contributed by atoms with Crippen LogP contribution in [-0.4, -0.2) is 5.91 Å². The van der Waals surface area contributed by atoms with Gasteiger partial charge in [0.1, 0.15) is 5.82 Å². The molecule has 0 fully saturated rings. The molecule has 2 aromatic rings. The minimum atomic E-state index is -0.379. The molecule has 0 aromatic heterocycles. The number of anilines is 1. The lowest BCUT2D eigenvalue weighted by Crippen LogP contribution is -2.12. The first-order valence-electron chi connectivity index (χ1n) is 5.18. The van der Waals surface area contributed by atoms with E-state index in [4.69, 9.17) is 11.6 Å². The number of carbonyl (C=O) groups excluding carboxylic acids is 1. The fourth-order valence-corrected chi connectivity index (χ4v) is 2.78. The minimum Gasteiger partial charge on any atom is -0.321 e. The Bertz CT molecular complexity index is 628. The van der Waals surface area contributed by atoms with E-state index in [1.54, 1.807) is 18.2 Å². The second kappa shape index (κ2) is 6.03. The molecule has 19 heavy (non-hydrogen) atoms. The van der Waals surface area contributed by atoms with E-state index in [2.05, 4.69) is 37.2 Å². The van der Waals surface area contributed by atoms with Crippen molar-refractivity contribution in [3.8, 4) is 0 Å². The summed E-state index contributed by atoms with van der Waals surface area (Å²) in [6.45, 7) is 0. The van der Waals surface area contributed by atoms with Crippen molar-refractivity contribution in [3.05, 3.63) is 61.7 Å². The van der Waals surface area contributed by atoms with Crippen LogP contribution in [0.2, 0.25) is 5.02 Å². The highest BCUT2D eigenvalue weighted by atomic mass is 79.9. The Kier molecular flexibility index (Phi) is 4.60. The predicted octanol–water partition coefficient (Wildman–Crippen LogP) is 5.26. The SMILES string of the molecule is O=C(Nc1ccc(F)cc1Br)c1cc(Cl)cc(Br)c1. The monoisotopic (exact) mass is 405 g/mol. The van der Waals surface area contributed by atoms with Gasteiger partial charge in [-0.15, -0.1) is 0 Å². The summed E-state index contributed by atoms with van der Waals surface area (Å²) in [6.07, 6.45) is 0. The molecule has 0 atom stereocenters. The lowest BCUT2D eigenvalue weighted by molar-refractivity contribution is 0.102. The molecule has 1 amide bonds. The van der Waals surface area contributed by atoms with Gasteiger partial charge in [-0.25, -0.2) is 4.39 Å². The predicted molar refractivity (Wildman–Crippen MR) is 81.2 cm³/mol. The summed E-state index contributed by atoms with van der Waals surface area (Å²) in [4.78, 5) is 12.1. The molecule has 0 aliphatic carbocycles. The van der Waals surface area contributed by atoms with Crippen molar-refractivity contribution in [2.75, 3.05) is 5.32 Å². The molecule has 0 bridgehead atoms. The van der Waals surface area contributed by atoms with Crippen LogP contribution in [0.5, 0.6) is 0 Å². The summed E-state index contributed by atoms with van der Waals surface area (Å²) < 4.78 is 14.1. The second-order valence-electron chi connectivity index (χ2n) is 3.74. The molecule has 1 N–H and O–H groups in total. The zero-order valence-electron chi connectivity index (χ0n) is 9.38. The zero-order valence-corrected chi connectivity index (χ0v) is 13.3. The molecular weight excluding hydrogens is 400 g/mol. The molecule has 6 heteroatoms. The average molecular weight is 407 g/mol. The highest BCUT2D eigenvalue weighted by Gasteiger charge is 2.10. The Balaban J connectivity index is 2.25. The highest BCUT2D eigenvalue weighted by Crippen LogP contribution is 2.25. The third-order valence-corrected chi connectivity index (χ3v) is 3.64. The van der Waals surface area contributed by atoms with Crippen LogP contribution in [0.1, 0.15) is 10.4 Å². The number of hydrogen-bond donors (Lipinski definition) is 1. The van der Waals surface area contributed by atoms with Gasteiger partial charge in [0.2, 0.25) is 0 Å². The van der Waals surface area contributed by atoms with Crippen molar-refractivity contribution < 1.29 is 9.18 Å². The Hall–Kier alpha value is -0.910. The van der Waals surface area contributed by atoms with Crippen molar-refractivity contribution in [1.29, 1.82) is 0 Å². The molecule has 0 saturated heterocycles. The van der Waals surface area contributed by atoms with Crippen molar-refractivity contribution in [2.45, 2.75) is 0 Å². The number of halogens is 4. The summed E-state index contributed by atoms with van der Waals surface area (Å²) in [7, 11) is 0. The van der Waals surface area contributed by atoms with Crippen LogP contribution < -0.4 is 5.32 Å². The summed E-state index contributed by atoms with van der Waals surface area (Å²) >= 11 is 12.3. The van der Waals surface area contributed by atoms with Gasteiger partial charge < -0.3 is 5.32 Å². The summed E-state index contributed by atoms with van der Waals surface area (Å²) in [5.41, 5.74) is 0.901. The van der Waals surface area contributed by atoms with Crippen LogP contribution in [0.25, 0.3) is 0 Å². The third kappa shape index (κ3) is 3.78. The van der Waals surface area contributed by atoms with Gasteiger partial charge in [0, 0.05) is 19.5 Å². The van der Waals surface area contributed by atoms with E-state index in [0.717, 1.165) is 0 Å². The van der Waals surface area contributed by atoms with Gasteiger partial charge in [-0.05, 0) is 52.3 Å². The van der Waals surface area contributed by atoms with Gasteiger partial charge >= 0.3 is 0 Å². The van der Waals surface area contributed by atoms with Crippen LogP contribution in [0.3, 0.4) is 0 Å². The van der Waals surface area contributed by atoms with E-state index in [9.17, 15) is 9.18 Å². The summed E-state index contributed by atoms with van der Waals surface area (Å²) in [6, 6.07) is 8.93. The standard InChI is InChI=1S/C13H7Br2ClFNO/c14-8-3-7(4-9(16)5-8)13(19)18-12-2-1-10(17)6-11(12)15/h1-6H,(H,18,19). The molecule has 0 aliphatic heterocycles. The highest BCUT2D eigenvalue weighted by molar-refractivity contribution is 9.10. The number of hydrogen-bond acceptors (Lipinski definition) is 1. The molecule has 0 heterocycles. The summed E-state index contributed by atoms with van der Waals surface area (Å²) in [5, 5.41) is 3.13. The van der Waals surface area contributed by atoms with Crippen LogP contribution in [0, 0.1) is 5.82 Å². The minimum absolute atomic E-state index is 0.324. The first-order valence-corrected chi connectivity index (χ1v) is 7.14. The van der Waals surface area contributed by atoms with E-state index >= 15 is 0 Å². The Morgan fingerprint density at radius 1 is 1.16 bits per heavy atom. The van der Waals surface area contributed by atoms with Crippen molar-refractivity contribution >= 4 is 55.1 Å². The van der Waals surface area contributed by atoms with E-state index < -0.39 is 0 Å². The van der Waals surface area contributed by atoms with E-state index in [0.29, 0.717) is 25.2 Å². The van der Waals surface area contributed by atoms with Gasteiger partial charge in [0.05, 0.1) is 5.69 Å². The summed E-state index contributed by atoms with van der Waals surface area (Å²) in [5.74, 6) is -0.703. The second-order valence-corrected chi connectivity index (χ2v) is 5.94. The van der Waals surface area contributed by atoms with E-state index in [1.165, 1.54) is 18.2 Å². The lowest BCUT2D eigenvalue weighted by atomic mass is 10.2. The molecule has 2 aromatic carbocycles. The first-order chi connectivity index (χ1) is 8.95. The maximum atomic E-state index is 12.9. The fraction of sp³-hybridized carbons (Fsp3) is 0. The zero-order chi connectivity index (χ0) is 14.0. The van der Waals surface area contributed by atoms with Gasteiger partial charge in [-0.2, -0.15) is 0 Å². The van der Waals surface area contributed by atoms with E-state index in [-0.39, 0.29) is 11.7 Å². The van der Waals surface area contributed by atoms with E-state index in [1.807, 2.05) is 0 Å². The van der Waals surface area contributed by atoms with Crippen LogP contribution in [0.4, 0.5) is 10.1 Å². The van der Waals surface area contributed by atoms with Crippen molar-refractivity contribution in [1.82, 2.24) is 0 Å². The number of nitrogens with one attached hydrogen (secondary N) is 1. The van der Waals surface area contributed by atoms with Gasteiger partial charge in [0.25, 0.3) is 5.91 Å². The van der Waals surface area contributed by atoms with Crippen molar-refractivity contribution in [3.63, 3.8) is 0 Å². The molecule has 0 spiro atoms. The maximum absolute atomic E-state index is 12.9. The molecule has 0 saturated carbocycles. The van der Waals surface area contributed by atoms with Gasteiger partial charge in [0.15, 0.2) is 0 Å². The molecule has 2 nitrogen and oxygen atoms in total. The molecule has 0 unspecified atom stereocenters. The topological polar surface area (TPSA) is 29.1 Å². The Labute approximate surface area is 131 Å². The number of benzene rings is 2. The molecule has 0 aliphatic rings. The lowest BCUT2D eigenvalue weighted by Gasteiger charge is -2.08. The Morgan fingerprint density at radius 3 is 2.53 bits per heavy atom. The Morgan fingerprint density at radius 2 is 1.89 bits per heavy atom. The van der Waals surface area contributed by atoms with Crippen LogP contribution >= 0.6 is 43.5 Å². The molecular formula is C13H7Br2ClFNO. The van der Waals surface area contributed by atoms with Crippen LogP contribution in [-0.2, 0) is 0 Å².